The Morgan fingerprint density at radius 1 is 1.35 bits per heavy atom. The lowest BCUT2D eigenvalue weighted by atomic mass is 10.2. The maximum absolute atomic E-state index is 12.3. The van der Waals surface area contributed by atoms with E-state index in [0.29, 0.717) is 24.1 Å². The maximum atomic E-state index is 12.3. The van der Waals surface area contributed by atoms with Crippen molar-refractivity contribution in [1.82, 2.24) is 19.9 Å². The largest absolute Gasteiger partial charge is 0.354 e. The van der Waals surface area contributed by atoms with Gasteiger partial charge in [0, 0.05) is 50.2 Å². The lowest BCUT2D eigenvalue weighted by molar-refractivity contribution is 0.0952. The number of nitrogens with zero attached hydrogens (tertiary/aromatic N) is 4. The minimum atomic E-state index is -0.0618. The van der Waals surface area contributed by atoms with Crippen LogP contribution in [0.4, 0.5) is 5.82 Å². The smallest absolute Gasteiger partial charge is 0.252 e. The average molecular weight is 355 g/mol. The third kappa shape index (κ3) is 4.23. The molecule has 1 aliphatic rings. The van der Waals surface area contributed by atoms with Gasteiger partial charge in [-0.05, 0) is 38.3 Å². The molecule has 6 nitrogen and oxygen atoms in total. The molecule has 0 unspecified atom stereocenters. The molecule has 2 aromatic heterocycles. The number of nitrogens with one attached hydrogen (secondary N) is 1. The lowest BCUT2D eigenvalue weighted by Crippen LogP contribution is -2.28. The molecule has 3 rings (SSSR count). The molecular weight excluding hydrogens is 326 g/mol. The molecule has 0 saturated carbocycles. The minimum absolute atomic E-state index is 0.0618. The van der Waals surface area contributed by atoms with Crippen LogP contribution in [-0.2, 0) is 6.54 Å². The summed E-state index contributed by atoms with van der Waals surface area (Å²) in [4.78, 5) is 23.5. The molecule has 3 heterocycles. The van der Waals surface area contributed by atoms with Crippen LogP contribution in [0.15, 0.2) is 30.7 Å². The number of hydrogen-bond donors (Lipinski definition) is 1. The Morgan fingerprint density at radius 3 is 2.85 bits per heavy atom. The second-order valence-corrected chi connectivity index (χ2v) is 7.33. The van der Waals surface area contributed by atoms with Gasteiger partial charge in [0.05, 0.1) is 5.56 Å². The third-order valence-corrected chi connectivity index (χ3v) is 4.98. The highest BCUT2D eigenvalue weighted by molar-refractivity contribution is 5.94. The zero-order chi connectivity index (χ0) is 18.5. The van der Waals surface area contributed by atoms with Gasteiger partial charge >= 0.3 is 0 Å². The van der Waals surface area contributed by atoms with Crippen molar-refractivity contribution in [3.8, 4) is 0 Å². The van der Waals surface area contributed by atoms with Gasteiger partial charge < -0.3 is 14.8 Å². The molecule has 6 heteroatoms. The summed E-state index contributed by atoms with van der Waals surface area (Å²) < 4.78 is 2.16. The van der Waals surface area contributed by atoms with Crippen LogP contribution in [0.2, 0.25) is 0 Å². The number of pyridine rings is 1. The summed E-state index contributed by atoms with van der Waals surface area (Å²) in [6.45, 7) is 9.05. The van der Waals surface area contributed by atoms with E-state index in [1.165, 1.54) is 12.8 Å². The van der Waals surface area contributed by atoms with Crippen LogP contribution in [0.25, 0.3) is 0 Å². The van der Waals surface area contributed by atoms with Gasteiger partial charge in [0.2, 0.25) is 0 Å². The summed E-state index contributed by atoms with van der Waals surface area (Å²) in [5, 5.41) is 2.98. The standard InChI is InChI=1S/C20H29N5O/c1-15(2)19-21-10-13-24(19)11-5-9-22-20(26)17-7-8-18(23-14-17)25-12-4-6-16(25)3/h7-8,10,13-16H,4-6,9,11-12H2,1-3H3,(H,22,26)/t16-/m1/s1. The van der Waals surface area contributed by atoms with Crippen LogP contribution in [0.5, 0.6) is 0 Å². The van der Waals surface area contributed by atoms with Gasteiger partial charge in [-0.15, -0.1) is 0 Å². The third-order valence-electron chi connectivity index (χ3n) is 4.98. The zero-order valence-corrected chi connectivity index (χ0v) is 16.0. The molecule has 0 radical (unpaired) electrons. The number of aryl methyl sites for hydroxylation is 1. The summed E-state index contributed by atoms with van der Waals surface area (Å²) >= 11 is 0. The molecule has 26 heavy (non-hydrogen) atoms. The highest BCUT2D eigenvalue weighted by Gasteiger charge is 2.21. The second kappa shape index (κ2) is 8.34. The van der Waals surface area contributed by atoms with E-state index in [9.17, 15) is 4.79 Å². The maximum Gasteiger partial charge on any atom is 0.252 e. The fourth-order valence-corrected chi connectivity index (χ4v) is 3.53. The fraction of sp³-hybridized carbons (Fsp3) is 0.550. The molecule has 1 aliphatic heterocycles. The molecule has 1 amide bonds. The Kier molecular flexibility index (Phi) is 5.91. The second-order valence-electron chi connectivity index (χ2n) is 7.33. The summed E-state index contributed by atoms with van der Waals surface area (Å²) in [7, 11) is 0. The van der Waals surface area contributed by atoms with Crippen molar-refractivity contribution in [3.63, 3.8) is 0 Å². The molecule has 0 aromatic carbocycles. The monoisotopic (exact) mass is 355 g/mol. The van der Waals surface area contributed by atoms with Crippen molar-refractivity contribution in [2.75, 3.05) is 18.0 Å². The number of amides is 1. The van der Waals surface area contributed by atoms with Crippen molar-refractivity contribution >= 4 is 11.7 Å². The summed E-state index contributed by atoms with van der Waals surface area (Å²) in [6, 6.07) is 4.35. The van der Waals surface area contributed by atoms with Crippen molar-refractivity contribution in [2.24, 2.45) is 0 Å². The number of carbonyl (C=O) groups excluding carboxylic acids is 1. The van der Waals surface area contributed by atoms with Gasteiger partial charge in [-0.25, -0.2) is 9.97 Å². The summed E-state index contributed by atoms with van der Waals surface area (Å²) in [5.74, 6) is 2.40. The van der Waals surface area contributed by atoms with Crippen LogP contribution in [0.3, 0.4) is 0 Å². The first kappa shape index (κ1) is 18.4. The van der Waals surface area contributed by atoms with Gasteiger partial charge in [0.1, 0.15) is 11.6 Å². The molecule has 1 fully saturated rings. The lowest BCUT2D eigenvalue weighted by Gasteiger charge is -2.22. The van der Waals surface area contributed by atoms with Gasteiger partial charge in [0.25, 0.3) is 5.91 Å². The molecule has 0 spiro atoms. The first-order chi connectivity index (χ1) is 12.6. The van der Waals surface area contributed by atoms with E-state index in [2.05, 4.69) is 45.5 Å². The van der Waals surface area contributed by atoms with Crippen molar-refractivity contribution in [3.05, 3.63) is 42.1 Å². The molecule has 1 saturated heterocycles. The Bertz CT molecular complexity index is 722. The van der Waals surface area contributed by atoms with Crippen LogP contribution in [0.1, 0.15) is 62.1 Å². The molecule has 140 valence electrons. The highest BCUT2D eigenvalue weighted by atomic mass is 16.1. The number of aromatic nitrogens is 3. The Morgan fingerprint density at radius 2 is 2.19 bits per heavy atom. The van der Waals surface area contributed by atoms with Gasteiger partial charge in [0.15, 0.2) is 0 Å². The summed E-state index contributed by atoms with van der Waals surface area (Å²) in [6.07, 6.45) is 8.81. The van der Waals surface area contributed by atoms with E-state index >= 15 is 0 Å². The SMILES string of the molecule is CC(C)c1nccn1CCCNC(=O)c1ccc(N2CCC[C@H]2C)nc1. The van der Waals surface area contributed by atoms with Crippen LogP contribution in [-0.4, -0.2) is 39.6 Å². The van der Waals surface area contributed by atoms with Crippen LogP contribution in [0, 0.1) is 0 Å². The number of hydrogen-bond acceptors (Lipinski definition) is 4. The minimum Gasteiger partial charge on any atom is -0.354 e. The molecule has 0 bridgehead atoms. The Labute approximate surface area is 155 Å². The predicted octanol–water partition coefficient (Wildman–Crippen LogP) is 3.21. The van der Waals surface area contributed by atoms with Gasteiger partial charge in [-0.2, -0.15) is 0 Å². The van der Waals surface area contributed by atoms with Crippen LogP contribution >= 0.6 is 0 Å². The van der Waals surface area contributed by atoms with Gasteiger partial charge in [-0.1, -0.05) is 13.8 Å². The van der Waals surface area contributed by atoms with Crippen molar-refractivity contribution < 1.29 is 4.79 Å². The number of carbonyl (C=O) groups is 1. The average Bonchev–Trinajstić information content (AvgIpc) is 3.27. The Hall–Kier alpha value is -2.37. The predicted molar refractivity (Wildman–Crippen MR) is 104 cm³/mol. The topological polar surface area (TPSA) is 63.1 Å². The van der Waals surface area contributed by atoms with E-state index in [1.54, 1.807) is 6.20 Å². The first-order valence-electron chi connectivity index (χ1n) is 9.58. The van der Waals surface area contributed by atoms with E-state index < -0.39 is 0 Å². The quantitative estimate of drug-likeness (QED) is 0.775. The summed E-state index contributed by atoms with van der Waals surface area (Å²) in [5.41, 5.74) is 0.617. The molecular formula is C20H29N5O. The molecule has 1 atom stereocenters. The van der Waals surface area contributed by atoms with Crippen molar-refractivity contribution in [2.45, 2.75) is 58.5 Å². The first-order valence-corrected chi connectivity index (χ1v) is 9.58. The fourth-order valence-electron chi connectivity index (χ4n) is 3.53. The number of anilines is 1. The van der Waals surface area contributed by atoms with E-state index in [0.717, 1.165) is 31.2 Å². The van der Waals surface area contributed by atoms with Gasteiger partial charge in [-0.3, -0.25) is 4.79 Å². The van der Waals surface area contributed by atoms with E-state index in [-0.39, 0.29) is 5.91 Å². The van der Waals surface area contributed by atoms with Crippen molar-refractivity contribution in [1.29, 1.82) is 0 Å². The van der Waals surface area contributed by atoms with Crippen LogP contribution < -0.4 is 10.2 Å². The number of rotatable bonds is 7. The number of imidazole rings is 1. The molecule has 1 N–H and O–H groups in total. The zero-order valence-electron chi connectivity index (χ0n) is 16.0. The normalized spacial score (nSPS) is 17.1. The molecule has 2 aromatic rings. The van der Waals surface area contributed by atoms with E-state index in [4.69, 9.17) is 0 Å². The Balaban J connectivity index is 1.47. The highest BCUT2D eigenvalue weighted by Crippen LogP contribution is 2.23. The molecule has 0 aliphatic carbocycles. The van der Waals surface area contributed by atoms with E-state index in [1.807, 2.05) is 24.5 Å².